The molecule has 0 atom stereocenters. The monoisotopic (exact) mass is 374 g/mol. The number of quaternary nitrogens is 1. The molecule has 138 valence electrons. The third-order valence-corrected chi connectivity index (χ3v) is 5.01. The summed E-state index contributed by atoms with van der Waals surface area (Å²) in [4.78, 5) is 1.53. The normalized spacial score (nSPS) is 15.4. The highest BCUT2D eigenvalue weighted by Gasteiger charge is 2.19. The van der Waals surface area contributed by atoms with Crippen LogP contribution >= 0.6 is 11.6 Å². The first kappa shape index (κ1) is 18.5. The van der Waals surface area contributed by atoms with E-state index in [1.54, 1.807) is 14.2 Å². The van der Waals surface area contributed by atoms with Gasteiger partial charge in [-0.1, -0.05) is 35.9 Å². The van der Waals surface area contributed by atoms with Gasteiger partial charge < -0.3 is 14.4 Å². The lowest BCUT2D eigenvalue weighted by Crippen LogP contribution is -3.13. The third-order valence-electron chi connectivity index (χ3n) is 4.64. The summed E-state index contributed by atoms with van der Waals surface area (Å²) in [6, 6.07) is 13.9. The van der Waals surface area contributed by atoms with Gasteiger partial charge in [0.05, 0.1) is 46.6 Å². The second-order valence-corrected chi connectivity index (χ2v) is 6.71. The second-order valence-electron chi connectivity index (χ2n) is 6.30. The average Bonchev–Trinajstić information content (AvgIpc) is 2.68. The quantitative estimate of drug-likeness (QED) is 0.787. The van der Waals surface area contributed by atoms with Crippen LogP contribution in [0.15, 0.2) is 47.6 Å². The zero-order chi connectivity index (χ0) is 18.4. The number of piperazine rings is 1. The summed E-state index contributed by atoms with van der Waals surface area (Å²) >= 11 is 6.27. The van der Waals surface area contributed by atoms with Crippen LogP contribution in [0, 0.1) is 0 Å². The molecule has 2 aromatic carbocycles. The molecule has 3 rings (SSSR count). The standard InChI is InChI=1S/C20H24ClN3O2/c1-25-19-9-5-7-16(20(19)26-2)14-22-24-12-10-23(11-13-24)15-17-6-3-4-8-18(17)21/h3-9,14H,10-13,15H2,1-2H3/p+1/b22-14-. The molecule has 1 N–H and O–H groups in total. The largest absolute Gasteiger partial charge is 0.493 e. The average molecular weight is 375 g/mol. The Morgan fingerprint density at radius 1 is 1.08 bits per heavy atom. The number of methoxy groups -OCH3 is 2. The third kappa shape index (κ3) is 4.48. The molecule has 1 fully saturated rings. The van der Waals surface area contributed by atoms with Crippen molar-refractivity contribution in [3.05, 3.63) is 58.6 Å². The summed E-state index contributed by atoms with van der Waals surface area (Å²) in [6.07, 6.45) is 1.85. The number of hydrogen-bond donors (Lipinski definition) is 1. The Morgan fingerprint density at radius 3 is 2.54 bits per heavy atom. The van der Waals surface area contributed by atoms with E-state index in [1.807, 2.05) is 42.6 Å². The van der Waals surface area contributed by atoms with E-state index >= 15 is 0 Å². The van der Waals surface area contributed by atoms with Crippen LogP contribution in [-0.2, 0) is 6.54 Å². The number of nitrogens with zero attached hydrogens (tertiary/aromatic N) is 2. The number of benzene rings is 2. The van der Waals surface area contributed by atoms with Crippen molar-refractivity contribution in [2.75, 3.05) is 40.4 Å². The van der Waals surface area contributed by atoms with Crippen molar-refractivity contribution in [3.63, 3.8) is 0 Å². The molecule has 0 radical (unpaired) electrons. The van der Waals surface area contributed by atoms with E-state index < -0.39 is 0 Å². The molecule has 5 nitrogen and oxygen atoms in total. The Morgan fingerprint density at radius 2 is 1.85 bits per heavy atom. The van der Waals surface area contributed by atoms with Crippen LogP contribution in [0.5, 0.6) is 11.5 Å². The van der Waals surface area contributed by atoms with Crippen molar-refractivity contribution < 1.29 is 14.4 Å². The van der Waals surface area contributed by atoms with Gasteiger partial charge >= 0.3 is 0 Å². The smallest absolute Gasteiger partial charge is 0.169 e. The minimum atomic E-state index is 0.710. The lowest BCUT2D eigenvalue weighted by Gasteiger charge is -2.30. The first-order chi connectivity index (χ1) is 12.7. The molecule has 0 unspecified atom stereocenters. The van der Waals surface area contributed by atoms with Gasteiger partial charge in [-0.2, -0.15) is 5.10 Å². The number of para-hydroxylation sites is 1. The number of hydrogen-bond acceptors (Lipinski definition) is 4. The predicted octanol–water partition coefficient (Wildman–Crippen LogP) is 2.09. The highest BCUT2D eigenvalue weighted by Crippen LogP contribution is 2.29. The molecule has 0 saturated carbocycles. The van der Waals surface area contributed by atoms with Gasteiger partial charge in [0, 0.05) is 16.1 Å². The maximum absolute atomic E-state index is 6.27. The predicted molar refractivity (Wildman–Crippen MR) is 105 cm³/mol. The zero-order valence-electron chi connectivity index (χ0n) is 15.2. The Kier molecular flexibility index (Phi) is 6.36. The molecule has 1 aliphatic heterocycles. The first-order valence-corrected chi connectivity index (χ1v) is 9.16. The van der Waals surface area contributed by atoms with Gasteiger partial charge in [0.25, 0.3) is 0 Å². The molecule has 1 saturated heterocycles. The summed E-state index contributed by atoms with van der Waals surface area (Å²) in [7, 11) is 3.28. The molecule has 0 aliphatic carbocycles. The van der Waals surface area contributed by atoms with E-state index in [1.165, 1.54) is 10.5 Å². The lowest BCUT2D eigenvalue weighted by atomic mass is 10.2. The summed E-state index contributed by atoms with van der Waals surface area (Å²) in [6.45, 7) is 4.88. The molecular formula is C20H25ClN3O2+. The summed E-state index contributed by atoms with van der Waals surface area (Å²) in [5.41, 5.74) is 2.12. The van der Waals surface area contributed by atoms with Crippen LogP contribution < -0.4 is 14.4 Å². The van der Waals surface area contributed by atoms with E-state index in [-0.39, 0.29) is 0 Å². The van der Waals surface area contributed by atoms with Crippen LogP contribution in [0.25, 0.3) is 0 Å². The molecule has 1 heterocycles. The van der Waals surface area contributed by atoms with Crippen molar-refractivity contribution in [3.8, 4) is 11.5 Å². The van der Waals surface area contributed by atoms with Crippen molar-refractivity contribution in [2.45, 2.75) is 6.54 Å². The molecular weight excluding hydrogens is 350 g/mol. The van der Waals surface area contributed by atoms with Gasteiger partial charge in [0.1, 0.15) is 6.54 Å². The fraction of sp³-hybridized carbons (Fsp3) is 0.350. The molecule has 0 bridgehead atoms. The van der Waals surface area contributed by atoms with Gasteiger partial charge in [-0.25, -0.2) is 0 Å². The Balaban J connectivity index is 1.57. The Hall–Kier alpha value is -2.24. The number of hydrazone groups is 1. The number of halogens is 1. The van der Waals surface area contributed by atoms with Crippen molar-refractivity contribution in [1.82, 2.24) is 5.01 Å². The van der Waals surface area contributed by atoms with Crippen LogP contribution in [0.1, 0.15) is 11.1 Å². The topological polar surface area (TPSA) is 38.5 Å². The molecule has 0 spiro atoms. The van der Waals surface area contributed by atoms with Gasteiger partial charge in [0.2, 0.25) is 0 Å². The molecule has 2 aromatic rings. The van der Waals surface area contributed by atoms with Gasteiger partial charge in [-0.15, -0.1) is 0 Å². The maximum atomic E-state index is 6.27. The van der Waals surface area contributed by atoms with Gasteiger partial charge in [-0.3, -0.25) is 5.01 Å². The van der Waals surface area contributed by atoms with E-state index in [9.17, 15) is 0 Å². The van der Waals surface area contributed by atoms with E-state index in [0.717, 1.165) is 43.3 Å². The summed E-state index contributed by atoms with van der Waals surface area (Å²) < 4.78 is 10.8. The highest BCUT2D eigenvalue weighted by atomic mass is 35.5. The Labute approximate surface area is 159 Å². The highest BCUT2D eigenvalue weighted by molar-refractivity contribution is 6.31. The minimum absolute atomic E-state index is 0.710. The number of nitrogens with one attached hydrogen (secondary N) is 1. The van der Waals surface area contributed by atoms with Crippen molar-refractivity contribution >= 4 is 17.8 Å². The SMILES string of the molecule is COc1cccc(/C=N\N2CC[NH+](Cc3ccccc3Cl)CC2)c1OC. The van der Waals surface area contributed by atoms with Crippen molar-refractivity contribution in [1.29, 1.82) is 0 Å². The minimum Gasteiger partial charge on any atom is -0.493 e. The van der Waals surface area contributed by atoms with Crippen LogP contribution in [0.3, 0.4) is 0 Å². The van der Waals surface area contributed by atoms with Crippen LogP contribution in [0.4, 0.5) is 0 Å². The van der Waals surface area contributed by atoms with Crippen LogP contribution in [-0.4, -0.2) is 51.6 Å². The van der Waals surface area contributed by atoms with E-state index in [0.29, 0.717) is 11.5 Å². The Bertz CT molecular complexity index is 758. The first-order valence-electron chi connectivity index (χ1n) is 8.78. The molecule has 26 heavy (non-hydrogen) atoms. The zero-order valence-corrected chi connectivity index (χ0v) is 16.0. The van der Waals surface area contributed by atoms with E-state index in [4.69, 9.17) is 21.1 Å². The summed E-state index contributed by atoms with van der Waals surface area (Å²) in [5.74, 6) is 1.42. The fourth-order valence-electron chi connectivity index (χ4n) is 3.17. The second kappa shape index (κ2) is 8.92. The van der Waals surface area contributed by atoms with E-state index in [2.05, 4.69) is 16.2 Å². The van der Waals surface area contributed by atoms with Crippen molar-refractivity contribution in [2.24, 2.45) is 5.10 Å². The molecule has 0 aromatic heterocycles. The van der Waals surface area contributed by atoms with Gasteiger partial charge in [-0.05, 0) is 18.2 Å². The van der Waals surface area contributed by atoms with Crippen LogP contribution in [0.2, 0.25) is 5.02 Å². The number of rotatable bonds is 6. The fourth-order valence-corrected chi connectivity index (χ4v) is 3.37. The lowest BCUT2D eigenvalue weighted by molar-refractivity contribution is -0.918. The number of ether oxygens (including phenoxy) is 2. The molecule has 0 amide bonds. The summed E-state index contributed by atoms with van der Waals surface area (Å²) in [5, 5.41) is 7.59. The molecule has 1 aliphatic rings. The maximum Gasteiger partial charge on any atom is 0.169 e. The molecule has 6 heteroatoms. The van der Waals surface area contributed by atoms with Gasteiger partial charge in [0.15, 0.2) is 11.5 Å².